The minimum absolute atomic E-state index is 0.0515. The van der Waals surface area contributed by atoms with E-state index in [0.29, 0.717) is 0 Å². The molecular weight excluding hydrogens is 458 g/mol. The zero-order valence-corrected chi connectivity index (χ0v) is 20.4. The van der Waals surface area contributed by atoms with Gasteiger partial charge in [0.05, 0.1) is 0 Å². The smallest absolute Gasteiger partial charge is 0.408 e. The van der Waals surface area contributed by atoms with E-state index in [1.54, 1.807) is 20.8 Å². The summed E-state index contributed by atoms with van der Waals surface area (Å²) in [5.41, 5.74) is 11.1. The Morgan fingerprint density at radius 2 is 1.83 bits per heavy atom. The van der Waals surface area contributed by atoms with E-state index in [1.807, 2.05) is 30.3 Å². The van der Waals surface area contributed by atoms with Crippen LogP contribution in [0.25, 0.3) is 10.4 Å². The molecule has 0 fully saturated rings. The van der Waals surface area contributed by atoms with Crippen LogP contribution in [-0.2, 0) is 30.5 Å². The van der Waals surface area contributed by atoms with Gasteiger partial charge in [-0.3, -0.25) is 19.8 Å². The zero-order chi connectivity index (χ0) is 26.3. The van der Waals surface area contributed by atoms with E-state index in [2.05, 4.69) is 26.1 Å². The van der Waals surface area contributed by atoms with E-state index >= 15 is 0 Å². The molecule has 13 nitrogen and oxygen atoms in total. The Morgan fingerprint density at radius 3 is 2.46 bits per heavy atom. The van der Waals surface area contributed by atoms with E-state index < -0.39 is 35.5 Å². The molecule has 0 saturated heterocycles. The highest BCUT2D eigenvalue weighted by atomic mass is 16.6. The summed E-state index contributed by atoms with van der Waals surface area (Å²) in [5, 5.41) is 9.63. The van der Waals surface area contributed by atoms with E-state index in [-0.39, 0.29) is 39.1 Å². The van der Waals surface area contributed by atoms with Crippen molar-refractivity contribution in [3.63, 3.8) is 0 Å². The maximum absolute atomic E-state index is 12.4. The van der Waals surface area contributed by atoms with Crippen molar-refractivity contribution in [3.05, 3.63) is 46.3 Å². The van der Waals surface area contributed by atoms with Crippen molar-refractivity contribution in [1.82, 2.24) is 21.1 Å². The van der Waals surface area contributed by atoms with Gasteiger partial charge in [0.15, 0.2) is 0 Å². The molecule has 0 heterocycles. The van der Waals surface area contributed by atoms with Crippen LogP contribution in [0, 0.1) is 0 Å². The van der Waals surface area contributed by atoms with Gasteiger partial charge in [-0.15, -0.1) is 0 Å². The van der Waals surface area contributed by atoms with Crippen LogP contribution in [0.15, 0.2) is 35.4 Å². The fraction of sp³-hybridized carbons (Fsp3) is 0.545. The number of amides is 3. The predicted octanol–water partition coefficient (Wildman–Crippen LogP) is 1.79. The lowest BCUT2D eigenvalue weighted by Gasteiger charge is -2.22. The first-order valence-electron chi connectivity index (χ1n) is 11.0. The summed E-state index contributed by atoms with van der Waals surface area (Å²) in [6.07, 6.45) is -0.710. The molecule has 0 spiro atoms. The average Bonchev–Trinajstić information content (AvgIpc) is 2.75. The topological polar surface area (TPSA) is 175 Å². The van der Waals surface area contributed by atoms with Crippen molar-refractivity contribution in [2.24, 2.45) is 5.11 Å². The third-order valence-electron chi connectivity index (χ3n) is 4.15. The number of carbonyl (C=O) groups is 4. The van der Waals surface area contributed by atoms with Crippen LogP contribution < -0.4 is 16.1 Å². The third-order valence-corrected chi connectivity index (χ3v) is 4.15. The highest BCUT2D eigenvalue weighted by Gasteiger charge is 2.20. The number of azide groups is 1. The molecule has 0 aliphatic heterocycles. The molecule has 1 aromatic carbocycles. The molecule has 3 amide bonds. The van der Waals surface area contributed by atoms with Gasteiger partial charge in [0, 0.05) is 31.0 Å². The monoisotopic (exact) mass is 491 g/mol. The molecule has 1 atom stereocenters. The second-order valence-corrected chi connectivity index (χ2v) is 8.60. The van der Waals surface area contributed by atoms with Crippen LogP contribution in [0.3, 0.4) is 0 Å². The van der Waals surface area contributed by atoms with E-state index in [4.69, 9.17) is 15.0 Å². The normalized spacial score (nSPS) is 11.6. The van der Waals surface area contributed by atoms with Crippen molar-refractivity contribution < 1.29 is 28.7 Å². The zero-order valence-electron chi connectivity index (χ0n) is 20.4. The van der Waals surface area contributed by atoms with Gasteiger partial charge < -0.3 is 20.1 Å². The minimum atomic E-state index is -0.753. The van der Waals surface area contributed by atoms with Crippen molar-refractivity contribution in [2.75, 3.05) is 26.7 Å². The standard InChI is InChI=1S/C22H33N7O6/c1-22(2,3)35-21(33)24-13-19(31)26-17(10-11-25-28-23)12-18(30)27-29(4)14-20(32)34-15-16-8-6-5-7-9-16/h5-9,17H,10-15H2,1-4H3,(H,24,33)(H,26,31)(H,27,30)/t17-/m0/s1. The van der Waals surface area contributed by atoms with Crippen molar-refractivity contribution in [1.29, 1.82) is 0 Å². The van der Waals surface area contributed by atoms with Crippen molar-refractivity contribution >= 4 is 23.9 Å². The van der Waals surface area contributed by atoms with E-state index in [0.717, 1.165) is 5.56 Å². The molecule has 0 unspecified atom stereocenters. The average molecular weight is 492 g/mol. The maximum Gasteiger partial charge on any atom is 0.408 e. The molecular formula is C22H33N7O6. The number of benzene rings is 1. The predicted molar refractivity (Wildman–Crippen MR) is 126 cm³/mol. The second kappa shape index (κ2) is 15.1. The minimum Gasteiger partial charge on any atom is -0.460 e. The SMILES string of the molecule is CN(CC(=O)OCc1ccccc1)NC(=O)C[C@H](CCN=[N+]=[N-])NC(=O)CNC(=O)OC(C)(C)C. The number of alkyl carbamates (subject to hydrolysis) is 1. The van der Waals surface area contributed by atoms with Gasteiger partial charge >= 0.3 is 12.1 Å². The second-order valence-electron chi connectivity index (χ2n) is 8.60. The third kappa shape index (κ3) is 14.8. The highest BCUT2D eigenvalue weighted by Crippen LogP contribution is 2.06. The number of hydrogen-bond donors (Lipinski definition) is 3. The first kappa shape index (κ1) is 29.2. The Morgan fingerprint density at radius 1 is 1.14 bits per heavy atom. The Bertz CT molecular complexity index is 897. The number of rotatable bonds is 13. The summed E-state index contributed by atoms with van der Waals surface area (Å²) in [7, 11) is 1.50. The Balaban J connectivity index is 2.49. The number of carbonyl (C=O) groups excluding carboxylic acids is 4. The van der Waals surface area contributed by atoms with Gasteiger partial charge in [-0.05, 0) is 38.3 Å². The fourth-order valence-electron chi connectivity index (χ4n) is 2.73. The molecule has 13 heteroatoms. The van der Waals surface area contributed by atoms with Crippen molar-refractivity contribution in [3.8, 4) is 0 Å². The van der Waals surface area contributed by atoms with Crippen LogP contribution in [0.5, 0.6) is 0 Å². The summed E-state index contributed by atoms with van der Waals surface area (Å²) < 4.78 is 10.2. The molecule has 1 rings (SSSR count). The molecule has 0 bridgehead atoms. The Labute approximate surface area is 204 Å². The quantitative estimate of drug-likeness (QED) is 0.124. The maximum atomic E-state index is 12.4. The van der Waals surface area contributed by atoms with Gasteiger partial charge in [0.2, 0.25) is 11.8 Å². The molecule has 192 valence electrons. The van der Waals surface area contributed by atoms with Crippen LogP contribution >= 0.6 is 0 Å². The number of nitrogens with zero attached hydrogens (tertiary/aromatic N) is 4. The van der Waals surface area contributed by atoms with Crippen LogP contribution in [-0.4, -0.2) is 67.2 Å². The molecule has 0 aromatic heterocycles. The van der Waals surface area contributed by atoms with Gasteiger partial charge in [-0.2, -0.15) is 0 Å². The molecule has 35 heavy (non-hydrogen) atoms. The van der Waals surface area contributed by atoms with E-state index in [9.17, 15) is 19.2 Å². The first-order valence-corrected chi connectivity index (χ1v) is 11.0. The Hall–Kier alpha value is -3.83. The van der Waals surface area contributed by atoms with Gasteiger partial charge in [0.1, 0.15) is 25.3 Å². The number of ether oxygens (including phenoxy) is 2. The summed E-state index contributed by atoms with van der Waals surface area (Å²) in [6.45, 7) is 4.70. The number of nitrogens with one attached hydrogen (secondary N) is 3. The van der Waals surface area contributed by atoms with Crippen LogP contribution in [0.1, 0.15) is 39.2 Å². The summed E-state index contributed by atoms with van der Waals surface area (Å²) in [5.74, 6) is -1.56. The molecule has 0 saturated carbocycles. The van der Waals surface area contributed by atoms with Gasteiger partial charge in [-0.25, -0.2) is 9.80 Å². The molecule has 1 aromatic rings. The van der Waals surface area contributed by atoms with E-state index in [1.165, 1.54) is 12.1 Å². The summed E-state index contributed by atoms with van der Waals surface area (Å²) >= 11 is 0. The van der Waals surface area contributed by atoms with Gasteiger partial charge in [-0.1, -0.05) is 35.4 Å². The first-order chi connectivity index (χ1) is 16.5. The molecule has 3 N–H and O–H groups in total. The lowest BCUT2D eigenvalue weighted by molar-refractivity contribution is -0.147. The molecule has 0 aliphatic carbocycles. The molecule has 0 radical (unpaired) electrons. The number of likely N-dealkylation sites (N-methyl/N-ethyl adjacent to an activating group) is 1. The summed E-state index contributed by atoms with van der Waals surface area (Å²) in [4.78, 5) is 51.0. The Kier molecular flexibility index (Phi) is 12.6. The van der Waals surface area contributed by atoms with Crippen LogP contribution in [0.4, 0.5) is 4.79 Å². The lowest BCUT2D eigenvalue weighted by atomic mass is 10.1. The number of hydrogen-bond acceptors (Lipinski definition) is 8. The highest BCUT2D eigenvalue weighted by molar-refractivity contribution is 5.83. The summed E-state index contributed by atoms with van der Waals surface area (Å²) in [6, 6.07) is 8.50. The van der Waals surface area contributed by atoms with Crippen molar-refractivity contribution in [2.45, 2.75) is 51.9 Å². The molecule has 0 aliphatic rings. The fourth-order valence-corrected chi connectivity index (χ4v) is 2.73. The largest absolute Gasteiger partial charge is 0.460 e. The number of esters is 1. The lowest BCUT2D eigenvalue weighted by Crippen LogP contribution is -2.47. The van der Waals surface area contributed by atoms with Gasteiger partial charge in [0.25, 0.3) is 0 Å². The van der Waals surface area contributed by atoms with Crippen LogP contribution in [0.2, 0.25) is 0 Å². The number of hydrazine groups is 1.